The summed E-state index contributed by atoms with van der Waals surface area (Å²) < 4.78 is 13.6. The maximum atomic E-state index is 13.0. The highest BCUT2D eigenvalue weighted by Gasteiger charge is 2.38. The van der Waals surface area contributed by atoms with Gasteiger partial charge >= 0.3 is 17.8 Å². The third-order valence-electron chi connectivity index (χ3n) is 6.57. The SMILES string of the molecule is CCOC(=O)[C@@H]1CN(CCn2c(=O)[nH]c3ccccc3c2=O)CC[C@@H]1c1cccn1C(=O)OC(C)(C)C. The lowest BCUT2D eigenvalue weighted by molar-refractivity contribution is -0.151. The molecular formula is C27H34N4O6. The molecule has 0 saturated carbocycles. The average molecular weight is 511 g/mol. The van der Waals surface area contributed by atoms with E-state index in [1.54, 1.807) is 64.2 Å². The van der Waals surface area contributed by atoms with Crippen molar-refractivity contribution in [3.63, 3.8) is 0 Å². The maximum absolute atomic E-state index is 13.0. The predicted octanol–water partition coefficient (Wildman–Crippen LogP) is 2.94. The van der Waals surface area contributed by atoms with E-state index >= 15 is 0 Å². The quantitative estimate of drug-likeness (QED) is 0.507. The van der Waals surface area contributed by atoms with Crippen molar-refractivity contribution in [3.05, 3.63) is 69.1 Å². The number of likely N-dealkylation sites (tertiary alicyclic amines) is 1. The van der Waals surface area contributed by atoms with Gasteiger partial charge in [0, 0.05) is 37.4 Å². The maximum Gasteiger partial charge on any atom is 0.418 e. The Bertz CT molecular complexity index is 1400. The zero-order chi connectivity index (χ0) is 26.7. The third kappa shape index (κ3) is 5.85. The number of aromatic nitrogens is 3. The summed E-state index contributed by atoms with van der Waals surface area (Å²) in [4.78, 5) is 56.1. The third-order valence-corrected chi connectivity index (χ3v) is 6.57. The molecule has 0 bridgehead atoms. The van der Waals surface area contributed by atoms with Crippen LogP contribution in [-0.4, -0.2) is 62.9 Å². The van der Waals surface area contributed by atoms with E-state index in [1.165, 1.54) is 9.13 Å². The molecule has 1 fully saturated rings. The number of nitrogens with zero attached hydrogens (tertiary/aromatic N) is 3. The Kier molecular flexibility index (Phi) is 7.68. The van der Waals surface area contributed by atoms with E-state index in [-0.39, 0.29) is 30.6 Å². The number of rotatable bonds is 6. The van der Waals surface area contributed by atoms with Crippen LogP contribution < -0.4 is 11.2 Å². The second-order valence-corrected chi connectivity index (χ2v) is 10.3. The van der Waals surface area contributed by atoms with E-state index in [9.17, 15) is 19.2 Å². The summed E-state index contributed by atoms with van der Waals surface area (Å²) in [6.45, 7) is 9.03. The van der Waals surface area contributed by atoms with Gasteiger partial charge in [-0.25, -0.2) is 9.59 Å². The number of ether oxygens (including phenoxy) is 2. The lowest BCUT2D eigenvalue weighted by Crippen LogP contribution is -2.46. The Morgan fingerprint density at radius 2 is 1.84 bits per heavy atom. The smallest absolute Gasteiger partial charge is 0.418 e. The number of nitrogens with one attached hydrogen (secondary N) is 1. The molecule has 0 amide bonds. The van der Waals surface area contributed by atoms with Crippen LogP contribution in [0.2, 0.25) is 0 Å². The zero-order valence-electron chi connectivity index (χ0n) is 21.7. The first-order chi connectivity index (χ1) is 17.6. The molecule has 10 nitrogen and oxygen atoms in total. The van der Waals surface area contributed by atoms with Crippen molar-refractivity contribution in [1.82, 2.24) is 19.0 Å². The highest BCUT2D eigenvalue weighted by Crippen LogP contribution is 2.34. The molecule has 3 aromatic rings. The molecule has 1 aromatic carbocycles. The van der Waals surface area contributed by atoms with Crippen LogP contribution in [0.25, 0.3) is 10.9 Å². The number of benzene rings is 1. The molecule has 1 saturated heterocycles. The summed E-state index contributed by atoms with van der Waals surface area (Å²) in [7, 11) is 0. The molecule has 0 radical (unpaired) electrons. The van der Waals surface area contributed by atoms with Gasteiger partial charge in [0.1, 0.15) is 5.60 Å². The van der Waals surface area contributed by atoms with Crippen molar-refractivity contribution in [2.24, 2.45) is 5.92 Å². The highest BCUT2D eigenvalue weighted by atomic mass is 16.6. The van der Waals surface area contributed by atoms with Crippen LogP contribution in [0.4, 0.5) is 4.79 Å². The van der Waals surface area contributed by atoms with Gasteiger partial charge in [0.05, 0.1) is 23.4 Å². The Balaban J connectivity index is 1.54. The van der Waals surface area contributed by atoms with Gasteiger partial charge in [-0.05, 0) is 64.9 Å². The zero-order valence-corrected chi connectivity index (χ0v) is 21.7. The number of aromatic amines is 1. The van der Waals surface area contributed by atoms with Gasteiger partial charge in [-0.15, -0.1) is 0 Å². The fourth-order valence-electron chi connectivity index (χ4n) is 4.88. The number of H-pyrrole nitrogens is 1. The lowest BCUT2D eigenvalue weighted by Gasteiger charge is -2.37. The number of carbonyl (C=O) groups excluding carboxylic acids is 2. The Morgan fingerprint density at radius 1 is 1.08 bits per heavy atom. The number of piperidine rings is 1. The molecule has 37 heavy (non-hydrogen) atoms. The second kappa shape index (κ2) is 10.8. The molecule has 2 atom stereocenters. The fraction of sp³-hybridized carbons (Fsp3) is 0.481. The average Bonchev–Trinajstić information content (AvgIpc) is 3.33. The molecule has 4 rings (SSSR count). The number of fused-ring (bicyclic) bond motifs is 1. The van der Waals surface area contributed by atoms with Crippen LogP contribution in [0.1, 0.15) is 45.7 Å². The van der Waals surface area contributed by atoms with Gasteiger partial charge in [-0.1, -0.05) is 12.1 Å². The minimum Gasteiger partial charge on any atom is -0.466 e. The van der Waals surface area contributed by atoms with E-state index in [0.29, 0.717) is 42.7 Å². The second-order valence-electron chi connectivity index (χ2n) is 10.3. The molecule has 0 aliphatic carbocycles. The Morgan fingerprint density at radius 3 is 2.57 bits per heavy atom. The van der Waals surface area contributed by atoms with Crippen molar-refractivity contribution in [2.75, 3.05) is 26.2 Å². The number of esters is 1. The van der Waals surface area contributed by atoms with Gasteiger partial charge in [0.15, 0.2) is 0 Å². The lowest BCUT2D eigenvalue weighted by atomic mass is 9.83. The minimum atomic E-state index is -0.652. The van der Waals surface area contributed by atoms with E-state index in [1.807, 2.05) is 6.07 Å². The first-order valence-electron chi connectivity index (χ1n) is 12.6. The molecule has 0 spiro atoms. The molecule has 10 heteroatoms. The molecule has 0 unspecified atom stereocenters. The van der Waals surface area contributed by atoms with Gasteiger partial charge in [0.25, 0.3) is 5.56 Å². The van der Waals surface area contributed by atoms with E-state index in [0.717, 1.165) is 0 Å². The van der Waals surface area contributed by atoms with Crippen LogP contribution >= 0.6 is 0 Å². The molecular weight excluding hydrogens is 476 g/mol. The van der Waals surface area contributed by atoms with Gasteiger partial charge in [-0.2, -0.15) is 0 Å². The number of carbonyl (C=O) groups is 2. The molecule has 2 aromatic heterocycles. The molecule has 1 aliphatic heterocycles. The standard InChI is InChI=1S/C27H34N4O6/c1-5-36-24(33)20-17-29(15-16-31-23(32)19-9-6-7-10-21(19)28-25(31)34)14-12-18(20)22-11-8-13-30(22)26(35)37-27(2,3)4/h6-11,13,18,20H,5,12,14-17H2,1-4H3,(H,28,34)/t18-,20+/m0/s1. The fourth-order valence-corrected chi connectivity index (χ4v) is 4.88. The van der Waals surface area contributed by atoms with Crippen LogP contribution in [0.3, 0.4) is 0 Å². The first kappa shape index (κ1) is 26.4. The van der Waals surface area contributed by atoms with E-state index in [4.69, 9.17) is 9.47 Å². The van der Waals surface area contributed by atoms with E-state index in [2.05, 4.69) is 9.88 Å². The Labute approximate surface area is 214 Å². The summed E-state index contributed by atoms with van der Waals surface area (Å²) in [5, 5.41) is 0.452. The number of para-hydroxylation sites is 1. The molecule has 1 aliphatic rings. The predicted molar refractivity (Wildman–Crippen MR) is 139 cm³/mol. The van der Waals surface area contributed by atoms with Crippen molar-refractivity contribution < 1.29 is 19.1 Å². The van der Waals surface area contributed by atoms with Crippen molar-refractivity contribution >= 4 is 23.0 Å². The Hall–Kier alpha value is -3.66. The van der Waals surface area contributed by atoms with Gasteiger partial charge in [-0.3, -0.25) is 18.7 Å². The molecule has 198 valence electrons. The molecule has 3 heterocycles. The van der Waals surface area contributed by atoms with Crippen LogP contribution in [0.5, 0.6) is 0 Å². The molecule has 1 N–H and O–H groups in total. The van der Waals surface area contributed by atoms with Crippen LogP contribution in [0.15, 0.2) is 52.2 Å². The topological polar surface area (TPSA) is 116 Å². The number of hydrogen-bond donors (Lipinski definition) is 1. The van der Waals surface area contributed by atoms with Crippen molar-refractivity contribution in [3.8, 4) is 0 Å². The van der Waals surface area contributed by atoms with Crippen molar-refractivity contribution in [1.29, 1.82) is 0 Å². The highest BCUT2D eigenvalue weighted by molar-refractivity contribution is 5.77. The monoisotopic (exact) mass is 510 g/mol. The summed E-state index contributed by atoms with van der Waals surface area (Å²) >= 11 is 0. The van der Waals surface area contributed by atoms with Gasteiger partial charge < -0.3 is 19.4 Å². The van der Waals surface area contributed by atoms with Gasteiger partial charge in [0.2, 0.25) is 0 Å². The summed E-state index contributed by atoms with van der Waals surface area (Å²) in [5.74, 6) is -1.10. The van der Waals surface area contributed by atoms with Crippen molar-refractivity contribution in [2.45, 2.75) is 52.2 Å². The van der Waals surface area contributed by atoms with E-state index < -0.39 is 23.3 Å². The largest absolute Gasteiger partial charge is 0.466 e. The van der Waals surface area contributed by atoms with Crippen LogP contribution in [0, 0.1) is 5.92 Å². The first-order valence-corrected chi connectivity index (χ1v) is 12.6. The summed E-state index contributed by atoms with van der Waals surface area (Å²) in [5.41, 5.74) is -0.248. The normalized spacial score (nSPS) is 18.6. The summed E-state index contributed by atoms with van der Waals surface area (Å²) in [6, 6.07) is 10.5. The van der Waals surface area contributed by atoms with Crippen LogP contribution in [-0.2, 0) is 20.8 Å². The summed E-state index contributed by atoms with van der Waals surface area (Å²) in [6.07, 6.45) is 1.75. The minimum absolute atomic E-state index is 0.188. The number of hydrogen-bond acceptors (Lipinski definition) is 7.